The monoisotopic (exact) mass is 457 g/mol. The first-order chi connectivity index (χ1) is 14.1. The molecule has 10 heteroatoms. The minimum absolute atomic E-state index is 0.0953. The number of nitrogens with zero attached hydrogens (tertiary/aromatic N) is 3. The highest BCUT2D eigenvalue weighted by atomic mass is 35.5. The average Bonchev–Trinajstić information content (AvgIpc) is 2.93. The third-order valence-electron chi connectivity index (χ3n) is 5.26. The van der Waals surface area contributed by atoms with Crippen LogP contribution in [0.5, 0.6) is 0 Å². The smallest absolute Gasteiger partial charge is 0.369 e. The number of amides is 2. The summed E-state index contributed by atoms with van der Waals surface area (Å²) in [5, 5.41) is 0.404. The number of rotatable bonds is 3. The summed E-state index contributed by atoms with van der Waals surface area (Å²) in [6.45, 7) is 2.03. The Kier molecular flexibility index (Phi) is 5.42. The van der Waals surface area contributed by atoms with Crippen LogP contribution in [0.25, 0.3) is 0 Å². The molecule has 30 heavy (non-hydrogen) atoms. The minimum Gasteiger partial charge on any atom is -0.369 e. The molecule has 0 radical (unpaired) electrons. The van der Waals surface area contributed by atoms with Crippen molar-refractivity contribution in [1.29, 1.82) is 0 Å². The summed E-state index contributed by atoms with van der Waals surface area (Å²) < 4.78 is 38.8. The van der Waals surface area contributed by atoms with Gasteiger partial charge in [0.05, 0.1) is 33.4 Å². The second-order valence-electron chi connectivity index (χ2n) is 7.14. The lowest BCUT2D eigenvalue weighted by Crippen LogP contribution is -2.51. The first-order valence-electron chi connectivity index (χ1n) is 9.15. The van der Waals surface area contributed by atoms with Crippen LogP contribution < -0.4 is 4.90 Å². The van der Waals surface area contributed by atoms with E-state index in [4.69, 9.17) is 23.2 Å². The van der Waals surface area contributed by atoms with E-state index in [9.17, 15) is 22.8 Å². The van der Waals surface area contributed by atoms with Gasteiger partial charge in [0.2, 0.25) is 0 Å². The van der Waals surface area contributed by atoms with E-state index in [2.05, 4.69) is 0 Å². The number of imide groups is 1. The van der Waals surface area contributed by atoms with Crippen molar-refractivity contribution in [2.75, 3.05) is 37.7 Å². The van der Waals surface area contributed by atoms with Gasteiger partial charge >= 0.3 is 6.18 Å². The van der Waals surface area contributed by atoms with Gasteiger partial charge in [0.15, 0.2) is 0 Å². The summed E-state index contributed by atoms with van der Waals surface area (Å²) in [5.41, 5.74) is 0.245. The number of halogens is 5. The fourth-order valence-corrected chi connectivity index (χ4v) is 3.97. The molecule has 0 bridgehead atoms. The van der Waals surface area contributed by atoms with Crippen LogP contribution in [0.15, 0.2) is 36.4 Å². The van der Waals surface area contributed by atoms with Gasteiger partial charge in [0.25, 0.3) is 11.8 Å². The highest BCUT2D eigenvalue weighted by Crippen LogP contribution is 2.33. The van der Waals surface area contributed by atoms with Gasteiger partial charge in [-0.05, 0) is 30.3 Å². The van der Waals surface area contributed by atoms with Crippen molar-refractivity contribution in [3.8, 4) is 0 Å². The van der Waals surface area contributed by atoms with Gasteiger partial charge in [-0.3, -0.25) is 19.4 Å². The Morgan fingerprint density at radius 1 is 0.867 bits per heavy atom. The van der Waals surface area contributed by atoms with Gasteiger partial charge < -0.3 is 4.90 Å². The van der Waals surface area contributed by atoms with Crippen LogP contribution in [0.4, 0.5) is 18.9 Å². The molecule has 0 aromatic heterocycles. The van der Waals surface area contributed by atoms with Gasteiger partial charge in [0.1, 0.15) is 0 Å². The van der Waals surface area contributed by atoms with Crippen molar-refractivity contribution in [3.05, 3.63) is 63.1 Å². The van der Waals surface area contributed by atoms with Crippen molar-refractivity contribution >= 4 is 40.7 Å². The minimum atomic E-state index is -4.39. The SMILES string of the molecule is O=C1c2cc(Cl)c(Cl)cc2C(=O)N1CN1CCN(c2cccc(C(F)(F)F)c2)CC1. The topological polar surface area (TPSA) is 43.9 Å². The number of piperazine rings is 1. The molecule has 2 heterocycles. The Bertz CT molecular complexity index is 980. The summed E-state index contributed by atoms with van der Waals surface area (Å²) in [4.78, 5) is 30.1. The standard InChI is InChI=1S/C20H16Cl2F3N3O2/c21-16-9-14-15(10-17(16)22)19(30)28(18(14)29)11-26-4-6-27(7-5-26)13-3-1-2-12(8-13)20(23,24)25/h1-3,8-10H,4-7,11H2. The van der Waals surface area contributed by atoms with E-state index in [0.29, 0.717) is 31.9 Å². The maximum absolute atomic E-state index is 12.9. The second-order valence-corrected chi connectivity index (χ2v) is 7.96. The number of anilines is 1. The Balaban J connectivity index is 1.41. The number of carbonyl (C=O) groups is 2. The highest BCUT2D eigenvalue weighted by molar-refractivity contribution is 6.43. The third kappa shape index (κ3) is 3.87. The normalized spacial score (nSPS) is 17.6. The summed E-state index contributed by atoms with van der Waals surface area (Å²) in [6.07, 6.45) is -4.39. The van der Waals surface area contributed by atoms with Crippen LogP contribution in [0, 0.1) is 0 Å². The molecule has 0 aliphatic carbocycles. The molecular weight excluding hydrogens is 442 g/mol. The zero-order valence-electron chi connectivity index (χ0n) is 15.5. The first kappa shape index (κ1) is 21.0. The molecule has 2 aliphatic rings. The second kappa shape index (κ2) is 7.76. The summed E-state index contributed by atoms with van der Waals surface area (Å²) in [6, 6.07) is 7.99. The quantitative estimate of drug-likeness (QED) is 0.641. The van der Waals surface area contributed by atoms with E-state index >= 15 is 0 Å². The summed E-state index contributed by atoms with van der Waals surface area (Å²) in [7, 11) is 0. The predicted molar refractivity (Wildman–Crippen MR) is 107 cm³/mol. The molecule has 2 aliphatic heterocycles. The highest BCUT2D eigenvalue weighted by Gasteiger charge is 2.38. The number of hydrogen-bond donors (Lipinski definition) is 0. The number of fused-ring (bicyclic) bond motifs is 1. The molecule has 5 nitrogen and oxygen atoms in total. The van der Waals surface area contributed by atoms with Crippen molar-refractivity contribution in [2.24, 2.45) is 0 Å². The lowest BCUT2D eigenvalue weighted by atomic mass is 10.1. The van der Waals surface area contributed by atoms with Gasteiger partial charge in [-0.25, -0.2) is 0 Å². The molecule has 0 spiro atoms. The average molecular weight is 458 g/mol. The molecule has 1 fully saturated rings. The molecule has 158 valence electrons. The van der Waals surface area contributed by atoms with Crippen molar-refractivity contribution in [3.63, 3.8) is 0 Å². The van der Waals surface area contributed by atoms with Gasteiger partial charge in [-0.2, -0.15) is 13.2 Å². The zero-order valence-corrected chi connectivity index (χ0v) is 17.1. The summed E-state index contributed by atoms with van der Waals surface area (Å²) >= 11 is 11.9. The molecule has 2 aromatic carbocycles. The molecular formula is C20H16Cl2F3N3O2. The van der Waals surface area contributed by atoms with Crippen molar-refractivity contribution in [2.45, 2.75) is 6.18 Å². The molecule has 0 N–H and O–H groups in total. The molecule has 4 rings (SSSR count). The lowest BCUT2D eigenvalue weighted by molar-refractivity contribution is -0.137. The van der Waals surface area contributed by atoms with Crippen molar-refractivity contribution in [1.82, 2.24) is 9.80 Å². The fourth-order valence-electron chi connectivity index (χ4n) is 3.64. The van der Waals surface area contributed by atoms with Crippen LogP contribution >= 0.6 is 23.2 Å². The summed E-state index contributed by atoms with van der Waals surface area (Å²) in [5.74, 6) is -0.872. The lowest BCUT2D eigenvalue weighted by Gasteiger charge is -2.37. The molecule has 0 saturated carbocycles. The molecule has 2 aromatic rings. The molecule has 0 atom stereocenters. The van der Waals surface area contributed by atoms with E-state index in [1.54, 1.807) is 6.07 Å². The maximum Gasteiger partial charge on any atom is 0.416 e. The van der Waals surface area contributed by atoms with Gasteiger partial charge in [-0.1, -0.05) is 29.3 Å². The zero-order chi connectivity index (χ0) is 21.6. The van der Waals surface area contributed by atoms with Gasteiger partial charge in [0, 0.05) is 31.9 Å². The van der Waals surface area contributed by atoms with E-state index in [1.165, 1.54) is 18.2 Å². The Hall–Kier alpha value is -2.29. The van der Waals surface area contributed by atoms with E-state index in [-0.39, 0.29) is 27.8 Å². The largest absolute Gasteiger partial charge is 0.416 e. The van der Waals surface area contributed by atoms with E-state index < -0.39 is 23.6 Å². The molecule has 2 amide bonds. The number of alkyl halides is 3. The van der Waals surface area contributed by atoms with Gasteiger partial charge in [-0.15, -0.1) is 0 Å². The third-order valence-corrected chi connectivity index (χ3v) is 5.99. The van der Waals surface area contributed by atoms with Crippen LogP contribution in [0.3, 0.4) is 0 Å². The van der Waals surface area contributed by atoms with Crippen LogP contribution in [0.1, 0.15) is 26.3 Å². The Morgan fingerprint density at radius 2 is 1.43 bits per heavy atom. The molecule has 1 saturated heterocycles. The van der Waals surface area contributed by atoms with Crippen LogP contribution in [0.2, 0.25) is 10.0 Å². The first-order valence-corrected chi connectivity index (χ1v) is 9.90. The maximum atomic E-state index is 12.9. The predicted octanol–water partition coefficient (Wildman–Crippen LogP) is 4.39. The van der Waals surface area contributed by atoms with E-state index in [0.717, 1.165) is 17.0 Å². The fraction of sp³-hybridized carbons (Fsp3) is 0.300. The Morgan fingerprint density at radius 3 is 1.97 bits per heavy atom. The van der Waals surface area contributed by atoms with Crippen LogP contribution in [-0.2, 0) is 6.18 Å². The van der Waals surface area contributed by atoms with Crippen LogP contribution in [-0.4, -0.2) is 54.5 Å². The Labute approximate surface area is 180 Å². The number of carbonyl (C=O) groups excluding carboxylic acids is 2. The van der Waals surface area contributed by atoms with Crippen molar-refractivity contribution < 1.29 is 22.8 Å². The number of benzene rings is 2. The number of hydrogen-bond acceptors (Lipinski definition) is 4. The molecule has 0 unspecified atom stereocenters. The van der Waals surface area contributed by atoms with E-state index in [1.807, 2.05) is 9.80 Å².